The number of carbonyl (C=O) groups excluding carboxylic acids is 1. The fourth-order valence-corrected chi connectivity index (χ4v) is 1.55. The van der Waals surface area contributed by atoms with Crippen LogP contribution in [0.5, 0.6) is 0 Å². The normalized spacial score (nSPS) is 10.4. The van der Waals surface area contributed by atoms with Crippen LogP contribution < -0.4 is 10.7 Å². The Morgan fingerprint density at radius 2 is 2.00 bits per heavy atom. The minimum Gasteiger partial charge on any atom is -0.372 e. The number of hydrogen-bond acceptors (Lipinski definition) is 4. The Morgan fingerprint density at radius 1 is 1.21 bits per heavy atom. The lowest BCUT2D eigenvalue weighted by Crippen LogP contribution is -2.19. The summed E-state index contributed by atoms with van der Waals surface area (Å²) in [5.41, 5.74) is 3.85. The second kappa shape index (κ2) is 6.30. The van der Waals surface area contributed by atoms with E-state index in [2.05, 4.69) is 20.8 Å². The van der Waals surface area contributed by atoms with Crippen molar-refractivity contribution in [2.24, 2.45) is 5.10 Å². The molecule has 2 N–H and O–H groups in total. The van der Waals surface area contributed by atoms with Crippen molar-refractivity contribution < 1.29 is 4.79 Å². The first-order valence-corrected chi connectivity index (χ1v) is 5.82. The van der Waals surface area contributed by atoms with Crippen molar-refractivity contribution >= 4 is 17.9 Å². The average molecular weight is 254 g/mol. The van der Waals surface area contributed by atoms with Crippen molar-refractivity contribution in [3.05, 3.63) is 59.8 Å². The van der Waals surface area contributed by atoms with Crippen LogP contribution in [0.1, 0.15) is 15.9 Å². The monoisotopic (exact) mass is 254 g/mol. The lowest BCUT2D eigenvalue weighted by Gasteiger charge is -2.05. The number of hydrazone groups is 1. The van der Waals surface area contributed by atoms with Gasteiger partial charge < -0.3 is 5.32 Å². The first kappa shape index (κ1) is 12.8. The Hall–Kier alpha value is -2.69. The topological polar surface area (TPSA) is 66.4 Å². The van der Waals surface area contributed by atoms with E-state index in [1.807, 2.05) is 30.3 Å². The van der Waals surface area contributed by atoms with Crippen LogP contribution in [0.25, 0.3) is 0 Å². The number of benzene rings is 1. The first-order valence-electron chi connectivity index (χ1n) is 5.82. The molecule has 1 aromatic carbocycles. The molecule has 1 amide bonds. The minimum atomic E-state index is -0.301. The molecule has 2 aromatic rings. The van der Waals surface area contributed by atoms with Crippen molar-refractivity contribution in [3.63, 3.8) is 0 Å². The Kier molecular flexibility index (Phi) is 4.23. The Bertz CT molecular complexity index is 581. The zero-order chi connectivity index (χ0) is 13.5. The fraction of sp³-hybridized carbons (Fsp3) is 0.0714. The van der Waals surface area contributed by atoms with E-state index in [4.69, 9.17) is 0 Å². The first-order chi connectivity index (χ1) is 9.31. The molecular formula is C14H14N4O. The predicted octanol–water partition coefficient (Wildman–Crippen LogP) is 1.89. The van der Waals surface area contributed by atoms with E-state index < -0.39 is 0 Å². The molecule has 2 rings (SSSR count). The van der Waals surface area contributed by atoms with Gasteiger partial charge in [-0.15, -0.1) is 0 Å². The Labute approximate surface area is 111 Å². The van der Waals surface area contributed by atoms with Gasteiger partial charge in [0, 0.05) is 13.2 Å². The van der Waals surface area contributed by atoms with Crippen LogP contribution in [0.3, 0.4) is 0 Å². The van der Waals surface area contributed by atoms with Crippen LogP contribution in [0.4, 0.5) is 5.82 Å². The molecule has 5 nitrogen and oxygen atoms in total. The number of carbonyl (C=O) groups is 1. The second-order valence-electron chi connectivity index (χ2n) is 3.76. The van der Waals surface area contributed by atoms with Crippen LogP contribution in [0, 0.1) is 0 Å². The molecule has 0 radical (unpaired) electrons. The van der Waals surface area contributed by atoms with E-state index in [1.54, 1.807) is 31.6 Å². The van der Waals surface area contributed by atoms with Gasteiger partial charge in [0.1, 0.15) is 5.82 Å². The van der Waals surface area contributed by atoms with E-state index in [1.165, 1.54) is 0 Å². The van der Waals surface area contributed by atoms with Gasteiger partial charge in [-0.25, -0.2) is 10.4 Å². The highest BCUT2D eigenvalue weighted by molar-refractivity contribution is 5.99. The van der Waals surface area contributed by atoms with Gasteiger partial charge in [0.2, 0.25) is 0 Å². The van der Waals surface area contributed by atoms with E-state index in [0.717, 1.165) is 5.56 Å². The van der Waals surface area contributed by atoms with Crippen LogP contribution in [-0.2, 0) is 0 Å². The van der Waals surface area contributed by atoms with E-state index in [0.29, 0.717) is 11.4 Å². The summed E-state index contributed by atoms with van der Waals surface area (Å²) in [6.07, 6.45) is 3.21. The summed E-state index contributed by atoms with van der Waals surface area (Å²) in [5.74, 6) is 0.222. The van der Waals surface area contributed by atoms with Gasteiger partial charge in [0.15, 0.2) is 0 Å². The SMILES string of the molecule is CNc1ncccc1C(=O)N/N=C/c1ccccc1. The summed E-state index contributed by atoms with van der Waals surface area (Å²) in [7, 11) is 1.71. The van der Waals surface area contributed by atoms with Gasteiger partial charge in [0.25, 0.3) is 5.91 Å². The largest absolute Gasteiger partial charge is 0.372 e. The van der Waals surface area contributed by atoms with Crippen LogP contribution >= 0.6 is 0 Å². The smallest absolute Gasteiger partial charge is 0.275 e. The third kappa shape index (κ3) is 3.38. The van der Waals surface area contributed by atoms with Gasteiger partial charge >= 0.3 is 0 Å². The number of hydrogen-bond donors (Lipinski definition) is 2. The summed E-state index contributed by atoms with van der Waals surface area (Å²) < 4.78 is 0. The number of aromatic nitrogens is 1. The van der Waals surface area contributed by atoms with Crippen molar-refractivity contribution in [1.82, 2.24) is 10.4 Å². The van der Waals surface area contributed by atoms with Gasteiger partial charge in [-0.1, -0.05) is 30.3 Å². The third-order valence-corrected chi connectivity index (χ3v) is 2.47. The molecule has 0 fully saturated rings. The molecule has 0 bridgehead atoms. The molecule has 19 heavy (non-hydrogen) atoms. The number of amides is 1. The van der Waals surface area contributed by atoms with Crippen LogP contribution in [0.15, 0.2) is 53.8 Å². The molecule has 0 spiro atoms. The average Bonchev–Trinajstić information content (AvgIpc) is 2.48. The molecular weight excluding hydrogens is 240 g/mol. The molecule has 0 saturated carbocycles. The maximum Gasteiger partial charge on any atom is 0.275 e. The summed E-state index contributed by atoms with van der Waals surface area (Å²) >= 11 is 0. The lowest BCUT2D eigenvalue weighted by molar-refractivity contribution is 0.0955. The van der Waals surface area contributed by atoms with E-state index in [-0.39, 0.29) is 5.91 Å². The Balaban J connectivity index is 2.04. The molecule has 1 heterocycles. The quantitative estimate of drug-likeness (QED) is 0.646. The van der Waals surface area contributed by atoms with Crippen molar-refractivity contribution in [2.45, 2.75) is 0 Å². The van der Waals surface area contributed by atoms with Crippen LogP contribution in [0.2, 0.25) is 0 Å². The second-order valence-corrected chi connectivity index (χ2v) is 3.76. The van der Waals surface area contributed by atoms with E-state index in [9.17, 15) is 4.79 Å². The number of nitrogens with zero attached hydrogens (tertiary/aromatic N) is 2. The molecule has 0 aliphatic heterocycles. The standard InChI is InChI=1S/C14H14N4O/c1-15-13-12(8-5-9-16-13)14(19)18-17-10-11-6-3-2-4-7-11/h2-10H,1H3,(H,15,16)(H,18,19)/b17-10+. The molecule has 5 heteroatoms. The minimum absolute atomic E-state index is 0.301. The highest BCUT2D eigenvalue weighted by Gasteiger charge is 2.09. The van der Waals surface area contributed by atoms with Gasteiger partial charge in [-0.3, -0.25) is 4.79 Å². The Morgan fingerprint density at radius 3 is 2.74 bits per heavy atom. The lowest BCUT2D eigenvalue weighted by atomic mass is 10.2. The van der Waals surface area contributed by atoms with Gasteiger partial charge in [-0.05, 0) is 17.7 Å². The van der Waals surface area contributed by atoms with Crippen molar-refractivity contribution in [1.29, 1.82) is 0 Å². The number of rotatable bonds is 4. The molecule has 0 aliphatic carbocycles. The molecule has 96 valence electrons. The molecule has 1 aromatic heterocycles. The van der Waals surface area contributed by atoms with E-state index >= 15 is 0 Å². The number of pyridine rings is 1. The molecule has 0 unspecified atom stereocenters. The summed E-state index contributed by atoms with van der Waals surface area (Å²) in [6.45, 7) is 0. The third-order valence-electron chi connectivity index (χ3n) is 2.47. The maximum absolute atomic E-state index is 11.9. The van der Waals surface area contributed by atoms with Crippen molar-refractivity contribution in [2.75, 3.05) is 12.4 Å². The predicted molar refractivity (Wildman–Crippen MR) is 75.3 cm³/mol. The number of nitrogens with one attached hydrogen (secondary N) is 2. The zero-order valence-electron chi connectivity index (χ0n) is 10.5. The molecule has 0 atom stereocenters. The number of anilines is 1. The van der Waals surface area contributed by atoms with Gasteiger partial charge in [-0.2, -0.15) is 5.10 Å². The van der Waals surface area contributed by atoms with Crippen LogP contribution in [-0.4, -0.2) is 24.2 Å². The summed E-state index contributed by atoms with van der Waals surface area (Å²) in [6, 6.07) is 12.9. The van der Waals surface area contributed by atoms with Crippen molar-refractivity contribution in [3.8, 4) is 0 Å². The summed E-state index contributed by atoms with van der Waals surface area (Å²) in [5, 5.41) is 6.77. The fourth-order valence-electron chi connectivity index (χ4n) is 1.55. The molecule has 0 saturated heterocycles. The highest BCUT2D eigenvalue weighted by Crippen LogP contribution is 2.09. The molecule has 0 aliphatic rings. The highest BCUT2D eigenvalue weighted by atomic mass is 16.2. The zero-order valence-corrected chi connectivity index (χ0v) is 10.5. The van der Waals surface area contributed by atoms with Gasteiger partial charge in [0.05, 0.1) is 11.8 Å². The summed E-state index contributed by atoms with van der Waals surface area (Å²) in [4.78, 5) is 16.0. The maximum atomic E-state index is 11.9.